The van der Waals surface area contributed by atoms with E-state index in [4.69, 9.17) is 0 Å². The molecule has 0 saturated carbocycles. The normalized spacial score (nSPS) is 16.3. The molecule has 5 atom stereocenters. The Balaban J connectivity index is 0.944. The van der Waals surface area contributed by atoms with Crippen LogP contribution in [0, 0.1) is 13.8 Å². The lowest BCUT2D eigenvalue weighted by molar-refractivity contribution is -0.434. The number of H-pyrrole nitrogens is 3. The fourth-order valence-corrected chi connectivity index (χ4v) is 14.2. The van der Waals surface area contributed by atoms with E-state index in [1.54, 1.807) is 48.5 Å². The predicted octanol–water partition coefficient (Wildman–Crippen LogP) is 10.1. The minimum Gasteiger partial charge on any atom is -0.357 e. The van der Waals surface area contributed by atoms with Crippen LogP contribution in [0.2, 0.25) is 0 Å². The molecule has 2 aliphatic rings. The molecule has 0 fully saturated rings. The molecule has 9 aromatic rings. The highest BCUT2D eigenvalue weighted by atomic mass is 32.2. The van der Waals surface area contributed by atoms with E-state index >= 15 is 0 Å². The van der Waals surface area contributed by atoms with Gasteiger partial charge < -0.3 is 19.5 Å². The number of benzene rings is 5. The second kappa shape index (κ2) is 25.4. The second-order valence-corrected chi connectivity index (χ2v) is 29.1. The van der Waals surface area contributed by atoms with Crippen molar-refractivity contribution in [2.24, 2.45) is 0 Å². The van der Waals surface area contributed by atoms with Gasteiger partial charge in [-0.25, -0.2) is 0 Å². The number of hydrogen-bond donors (Lipinski definition) is 9. The van der Waals surface area contributed by atoms with E-state index in [-0.39, 0.29) is 49.2 Å². The molecule has 0 radical (unpaired) electrons. The standard InChI is InChI=1S/C68H66N6O12S4/c1-42(47-11-19-55(20-12-47)87(75,76)77)37-52(39-54(51-17-25-58(26-18-51)90(84,85)86)40-53(50-15-23-57(24-16-50)89(81,82)83)38-43(2)48-13-21-56(22-14-48)88(78,79)80)49-9-7-46(8-10-49)41-74-67(65-28-6-45(4)70-65)35-36-68(74)66-34-33-64(73-66)63-32-31-62(72-63)61-30-29-60(71-61)59-27-5-44(3)69-59/h5-36,42-43,52-54,69-70,73H,37-41H2,1-4H3,(H,75,76,77)(H,78,79,80)(H,81,82,83)(H,84,85,86)/p+2/b62-61+. The molecule has 22 heteroatoms. The molecule has 5 aromatic carbocycles. The van der Waals surface area contributed by atoms with Crippen LogP contribution in [-0.4, -0.2) is 82.8 Å². The van der Waals surface area contributed by atoms with Gasteiger partial charge in [0, 0.05) is 42.2 Å². The van der Waals surface area contributed by atoms with Crippen LogP contribution < -0.4 is 9.98 Å². The lowest BCUT2D eigenvalue weighted by Gasteiger charge is -2.31. The molecule has 0 bridgehead atoms. The van der Waals surface area contributed by atoms with Crippen LogP contribution >= 0.6 is 0 Å². The minimum absolute atomic E-state index is 0.180. The molecular weight excluding hydrogens is 1220 g/mol. The monoisotopic (exact) mass is 1290 g/mol. The highest BCUT2D eigenvalue weighted by molar-refractivity contribution is 7.86. The quantitative estimate of drug-likeness (QED) is 0.0270. The maximum Gasteiger partial charge on any atom is 0.294 e. The van der Waals surface area contributed by atoms with Crippen molar-refractivity contribution >= 4 is 51.9 Å². The number of rotatable bonds is 23. The van der Waals surface area contributed by atoms with Crippen molar-refractivity contribution in [3.05, 3.63) is 262 Å². The summed E-state index contributed by atoms with van der Waals surface area (Å²) in [5.74, 6) is -1.36. The van der Waals surface area contributed by atoms with Crippen LogP contribution in [0.3, 0.4) is 0 Å². The van der Waals surface area contributed by atoms with Crippen LogP contribution in [0.4, 0.5) is 0 Å². The number of aromatic nitrogens is 4. The third-order valence-corrected chi connectivity index (χ3v) is 20.6. The average molecular weight is 1290 g/mol. The molecule has 11 rings (SSSR count). The van der Waals surface area contributed by atoms with Crippen LogP contribution in [0.15, 0.2) is 225 Å². The van der Waals surface area contributed by atoms with E-state index in [0.717, 1.165) is 102 Å². The van der Waals surface area contributed by atoms with Gasteiger partial charge in [0.15, 0.2) is 0 Å². The van der Waals surface area contributed by atoms with E-state index in [0.29, 0.717) is 32.2 Å². The molecule has 5 unspecified atom stereocenters. The van der Waals surface area contributed by atoms with Crippen molar-refractivity contribution in [2.45, 2.75) is 109 Å². The minimum atomic E-state index is -4.58. The molecule has 6 heterocycles. The SMILES string of the molecule is Cc1ccc(C2=[NH+]/C(=C3\C=CC(c4ccc(-c5ccc(-c6ccc(C)[nH]6)n5Cc5ccc(C(CC(C)c6ccc(S(=O)(=O)O)cc6)CC(CC(CC(C)c6ccc(S(=O)(=O)O)cc6)c6ccc(S(=O)(=O)O)cc6)c6ccc(S(=O)(=O)O)cc6)cc5)[nH]4)=[NH+]3)C=C2)[nH]1. The first-order chi connectivity index (χ1) is 42.7. The summed E-state index contributed by atoms with van der Waals surface area (Å²) >= 11 is 0. The van der Waals surface area contributed by atoms with Crippen molar-refractivity contribution in [2.75, 3.05) is 0 Å². The Morgan fingerprint density at radius 2 is 0.678 bits per heavy atom. The third kappa shape index (κ3) is 14.5. The zero-order chi connectivity index (χ0) is 63.9. The Morgan fingerprint density at radius 3 is 1.04 bits per heavy atom. The lowest BCUT2D eigenvalue weighted by atomic mass is 9.73. The van der Waals surface area contributed by atoms with Crippen molar-refractivity contribution in [3.8, 4) is 22.8 Å². The second-order valence-electron chi connectivity index (χ2n) is 23.4. The van der Waals surface area contributed by atoms with E-state index in [1.807, 2.05) is 39.8 Å². The Hall–Kier alpha value is -8.58. The highest BCUT2D eigenvalue weighted by Crippen LogP contribution is 2.45. The molecule has 0 amide bonds. The van der Waals surface area contributed by atoms with E-state index in [9.17, 15) is 51.9 Å². The molecule has 4 aromatic heterocycles. The number of hydrogen-bond acceptors (Lipinski definition) is 8. The lowest BCUT2D eigenvalue weighted by Crippen LogP contribution is -2.75. The summed E-state index contributed by atoms with van der Waals surface area (Å²) in [6.07, 6.45) is 10.1. The largest absolute Gasteiger partial charge is 0.357 e. The van der Waals surface area contributed by atoms with Crippen molar-refractivity contribution in [1.82, 2.24) is 19.5 Å². The molecule has 90 heavy (non-hydrogen) atoms. The molecule has 9 N–H and O–H groups in total. The first-order valence-electron chi connectivity index (χ1n) is 29.2. The number of aryl methyl sites for hydroxylation is 2. The van der Waals surface area contributed by atoms with Gasteiger partial charge in [-0.1, -0.05) is 86.6 Å². The zero-order valence-corrected chi connectivity index (χ0v) is 52.8. The van der Waals surface area contributed by atoms with Gasteiger partial charge in [-0.05, 0) is 200 Å². The van der Waals surface area contributed by atoms with Gasteiger partial charge in [0.25, 0.3) is 51.9 Å². The Morgan fingerprint density at radius 1 is 0.367 bits per heavy atom. The summed E-state index contributed by atoms with van der Waals surface area (Å²) in [5.41, 5.74) is 16.6. The number of allylic oxidation sites excluding steroid dienone is 4. The Labute approximate surface area is 523 Å². The van der Waals surface area contributed by atoms with Crippen molar-refractivity contribution in [1.29, 1.82) is 0 Å². The molecule has 464 valence electrons. The van der Waals surface area contributed by atoms with Gasteiger partial charge >= 0.3 is 0 Å². The maximum absolute atomic E-state index is 12.4. The Bertz CT molecular complexity index is 4790. The fraction of sp³-hybridized carbons (Fsp3) is 0.206. The summed E-state index contributed by atoms with van der Waals surface area (Å²) < 4.78 is 140. The van der Waals surface area contributed by atoms with Crippen molar-refractivity contribution < 1.29 is 61.9 Å². The third-order valence-electron chi connectivity index (χ3n) is 17.1. The van der Waals surface area contributed by atoms with E-state index < -0.39 is 40.5 Å². The molecule has 0 saturated heterocycles. The average Bonchev–Trinajstić information content (AvgIpc) is 1.61. The number of nitrogens with zero attached hydrogens (tertiary/aromatic N) is 1. The predicted molar refractivity (Wildman–Crippen MR) is 344 cm³/mol. The number of aromatic amines is 3. The Kier molecular flexibility index (Phi) is 17.8. The summed E-state index contributed by atoms with van der Waals surface area (Å²) in [6.45, 7) is 8.52. The van der Waals surface area contributed by atoms with Gasteiger partial charge in [0.2, 0.25) is 11.4 Å². The van der Waals surface area contributed by atoms with Crippen LogP contribution in [-0.2, 0) is 47.0 Å². The zero-order valence-electron chi connectivity index (χ0n) is 49.5. The molecule has 2 aliphatic heterocycles. The topological polar surface area (TPSA) is 298 Å². The first-order valence-corrected chi connectivity index (χ1v) is 34.9. The summed E-state index contributed by atoms with van der Waals surface area (Å²) in [6, 6.07) is 49.0. The van der Waals surface area contributed by atoms with Gasteiger partial charge in [-0.2, -0.15) is 43.7 Å². The maximum atomic E-state index is 12.4. The molecular formula is C68H68N6O12S4+2. The van der Waals surface area contributed by atoms with Crippen LogP contribution in [0.5, 0.6) is 0 Å². The summed E-state index contributed by atoms with van der Waals surface area (Å²) in [7, 11) is -18.1. The van der Waals surface area contributed by atoms with E-state index in [2.05, 4.69) is 114 Å². The van der Waals surface area contributed by atoms with Gasteiger partial charge in [0.1, 0.15) is 11.4 Å². The smallest absolute Gasteiger partial charge is 0.294 e. The summed E-state index contributed by atoms with van der Waals surface area (Å²) in [5, 5.41) is 0. The fourth-order valence-electron chi connectivity index (χ4n) is 12.3. The van der Waals surface area contributed by atoms with Gasteiger partial charge in [0.05, 0.1) is 42.4 Å². The van der Waals surface area contributed by atoms with Crippen molar-refractivity contribution in [3.63, 3.8) is 0 Å². The van der Waals surface area contributed by atoms with Gasteiger partial charge in [-0.15, -0.1) is 0 Å². The van der Waals surface area contributed by atoms with Crippen LogP contribution in [0.25, 0.3) is 22.8 Å². The first kappa shape index (κ1) is 63.0. The molecule has 0 aliphatic carbocycles. The van der Waals surface area contributed by atoms with Gasteiger partial charge in [-0.3, -0.25) is 18.2 Å². The molecule has 0 spiro atoms. The van der Waals surface area contributed by atoms with E-state index in [1.165, 1.54) is 48.5 Å². The molecule has 18 nitrogen and oxygen atoms in total. The number of nitrogens with one attached hydrogen (secondary N) is 5. The summed E-state index contributed by atoms with van der Waals surface area (Å²) in [4.78, 5) is 16.6. The highest BCUT2D eigenvalue weighted by Gasteiger charge is 2.30. The van der Waals surface area contributed by atoms with Crippen LogP contribution in [0.1, 0.15) is 125 Å².